The lowest BCUT2D eigenvalue weighted by atomic mass is 9.80. The summed E-state index contributed by atoms with van der Waals surface area (Å²) in [4.78, 5) is 38.3. The van der Waals surface area contributed by atoms with Gasteiger partial charge in [-0.05, 0) is 72.5 Å². The van der Waals surface area contributed by atoms with E-state index in [1.807, 2.05) is 46.2 Å². The van der Waals surface area contributed by atoms with Crippen molar-refractivity contribution in [2.45, 2.75) is 12.8 Å². The van der Waals surface area contributed by atoms with Crippen LogP contribution < -0.4 is 28.7 Å². The number of carbonyl (C=O) groups is 2. The summed E-state index contributed by atoms with van der Waals surface area (Å²) >= 11 is 0. The lowest BCUT2D eigenvalue weighted by Crippen LogP contribution is -2.55. The van der Waals surface area contributed by atoms with E-state index in [1.54, 1.807) is 24.3 Å². The van der Waals surface area contributed by atoms with Crippen LogP contribution in [0.3, 0.4) is 0 Å². The van der Waals surface area contributed by atoms with Crippen LogP contribution >= 0.6 is 0 Å². The molecule has 0 radical (unpaired) electrons. The molecule has 2 fully saturated rings. The zero-order valence-corrected chi connectivity index (χ0v) is 31.4. The Bertz CT molecular complexity index is 1690. The van der Waals surface area contributed by atoms with Crippen LogP contribution in [0.25, 0.3) is 0 Å². The minimum atomic E-state index is -0.808. The first-order valence-corrected chi connectivity index (χ1v) is 18.3. The fourth-order valence-corrected chi connectivity index (χ4v) is 7.56. The van der Waals surface area contributed by atoms with Crippen LogP contribution in [-0.4, -0.2) is 113 Å². The molecule has 2 heterocycles. The molecule has 4 aromatic carbocycles. The van der Waals surface area contributed by atoms with E-state index < -0.39 is 11.8 Å². The van der Waals surface area contributed by atoms with Gasteiger partial charge < -0.3 is 48.8 Å². The number of nitrogens with zero attached hydrogens (tertiary/aromatic N) is 4. The maximum Gasteiger partial charge on any atom is 0.226 e. The molecule has 286 valence electrons. The maximum absolute atomic E-state index is 15.0. The normalized spacial score (nSPS) is 15.7. The molecular weight excluding hydrogens is 688 g/mol. The van der Waals surface area contributed by atoms with Gasteiger partial charge in [0.1, 0.15) is 0 Å². The number of benzene rings is 4. The van der Waals surface area contributed by atoms with Crippen molar-refractivity contribution < 1.29 is 38.7 Å². The van der Waals surface area contributed by atoms with Gasteiger partial charge in [-0.25, -0.2) is 0 Å². The van der Waals surface area contributed by atoms with Crippen LogP contribution in [0.4, 0.5) is 11.4 Å². The number of piperazine rings is 2. The molecule has 0 aliphatic carbocycles. The van der Waals surface area contributed by atoms with Gasteiger partial charge in [-0.1, -0.05) is 36.4 Å². The minimum absolute atomic E-state index is 0.132. The summed E-state index contributed by atoms with van der Waals surface area (Å²) in [7, 11) is 5.83. The molecular formula is C42H50N4O8. The van der Waals surface area contributed by atoms with Crippen LogP contribution in [0.15, 0.2) is 84.9 Å². The van der Waals surface area contributed by atoms with E-state index in [0.717, 1.165) is 11.4 Å². The quantitative estimate of drug-likeness (QED) is 0.197. The number of ether oxygens (including phenoxy) is 4. The zero-order valence-electron chi connectivity index (χ0n) is 31.4. The molecule has 0 spiro atoms. The topological polar surface area (TPSA) is 124 Å². The van der Waals surface area contributed by atoms with E-state index in [9.17, 15) is 10.2 Å². The maximum atomic E-state index is 15.0. The predicted molar refractivity (Wildman–Crippen MR) is 207 cm³/mol. The van der Waals surface area contributed by atoms with Crippen molar-refractivity contribution in [1.29, 1.82) is 0 Å². The number of phenols is 2. The molecule has 0 bridgehead atoms. The van der Waals surface area contributed by atoms with E-state index in [-0.39, 0.29) is 59.2 Å². The Hall–Kier alpha value is -5.78. The number of methoxy groups -OCH3 is 4. The second-order valence-corrected chi connectivity index (χ2v) is 13.6. The third-order valence-corrected chi connectivity index (χ3v) is 10.5. The van der Waals surface area contributed by atoms with Gasteiger partial charge in [0.2, 0.25) is 23.3 Å². The predicted octanol–water partition coefficient (Wildman–Crippen LogP) is 4.85. The van der Waals surface area contributed by atoms with Gasteiger partial charge in [0.25, 0.3) is 0 Å². The SMILES string of the molecule is COc1cc(C[C@H](C(=O)N2CCN(c3ccccc3)CC2)[C@@H](Cc2cc(OC)c(O)c(OC)c2)C(=O)N2CCN(c3ccccc3)CC2)cc(OC)c1O. The third-order valence-electron chi connectivity index (χ3n) is 10.5. The van der Waals surface area contributed by atoms with Crippen molar-refractivity contribution >= 4 is 23.2 Å². The fraction of sp³-hybridized carbons (Fsp3) is 0.381. The first kappa shape index (κ1) is 38.0. The lowest BCUT2D eigenvalue weighted by Gasteiger charge is -2.41. The van der Waals surface area contributed by atoms with Crippen molar-refractivity contribution in [2.24, 2.45) is 11.8 Å². The number of para-hydroxylation sites is 2. The molecule has 2 amide bonds. The van der Waals surface area contributed by atoms with Crippen LogP contribution in [0, 0.1) is 11.8 Å². The van der Waals surface area contributed by atoms with Gasteiger partial charge in [0, 0.05) is 63.7 Å². The van der Waals surface area contributed by atoms with E-state index in [0.29, 0.717) is 63.5 Å². The number of carbonyl (C=O) groups excluding carboxylic acids is 2. The summed E-state index contributed by atoms with van der Waals surface area (Å²) in [5.41, 5.74) is 3.55. The van der Waals surface area contributed by atoms with Gasteiger partial charge in [0.05, 0.1) is 40.3 Å². The minimum Gasteiger partial charge on any atom is -0.502 e. The average Bonchev–Trinajstić information content (AvgIpc) is 3.23. The van der Waals surface area contributed by atoms with Gasteiger partial charge in [-0.3, -0.25) is 9.59 Å². The molecule has 4 aromatic rings. The Kier molecular flexibility index (Phi) is 12.2. The first-order valence-electron chi connectivity index (χ1n) is 18.3. The van der Waals surface area contributed by atoms with Gasteiger partial charge in [-0.2, -0.15) is 0 Å². The van der Waals surface area contributed by atoms with Gasteiger partial charge >= 0.3 is 0 Å². The van der Waals surface area contributed by atoms with Crippen molar-refractivity contribution in [1.82, 2.24) is 9.80 Å². The number of aromatic hydroxyl groups is 2. The standard InChI is InChI=1S/C42H50N4O8/c1-51-35-25-29(26-36(52-2)39(35)47)23-33(41(49)45-19-15-43(16-20-45)31-11-7-5-8-12-31)34(24-30-27-37(53-3)40(48)38(28-30)54-4)42(50)46-21-17-44(18-22-46)32-13-9-6-10-14-32/h5-14,25-28,33-34,47-48H,15-24H2,1-4H3/t33-,34+. The molecule has 0 aromatic heterocycles. The number of amides is 2. The second-order valence-electron chi connectivity index (χ2n) is 13.6. The molecule has 6 rings (SSSR count). The number of hydrogen-bond acceptors (Lipinski definition) is 10. The fourth-order valence-electron chi connectivity index (χ4n) is 7.56. The molecule has 2 aliphatic heterocycles. The summed E-state index contributed by atoms with van der Waals surface area (Å²) in [6.07, 6.45) is 0.356. The van der Waals surface area contributed by atoms with E-state index in [2.05, 4.69) is 34.1 Å². The van der Waals surface area contributed by atoms with E-state index >= 15 is 9.59 Å². The van der Waals surface area contributed by atoms with Crippen LogP contribution in [0.2, 0.25) is 0 Å². The highest BCUT2D eigenvalue weighted by atomic mass is 16.5. The first-order chi connectivity index (χ1) is 26.2. The zero-order chi connectivity index (χ0) is 38.2. The van der Waals surface area contributed by atoms with Crippen LogP contribution in [0.5, 0.6) is 34.5 Å². The summed E-state index contributed by atoms with van der Waals surface area (Å²) in [6.45, 7) is 4.55. The Balaban J connectivity index is 1.37. The third kappa shape index (κ3) is 8.38. The van der Waals surface area contributed by atoms with Crippen molar-refractivity contribution in [3.63, 3.8) is 0 Å². The lowest BCUT2D eigenvalue weighted by molar-refractivity contribution is -0.146. The summed E-state index contributed by atoms with van der Waals surface area (Å²) in [5, 5.41) is 21.5. The molecule has 0 unspecified atom stereocenters. The molecule has 2 saturated heterocycles. The van der Waals surface area contributed by atoms with Crippen LogP contribution in [-0.2, 0) is 22.4 Å². The number of anilines is 2. The monoisotopic (exact) mass is 738 g/mol. The number of phenolic OH excluding ortho intramolecular Hbond substituents is 2. The Morgan fingerprint density at radius 1 is 0.519 bits per heavy atom. The van der Waals surface area contributed by atoms with E-state index in [4.69, 9.17) is 18.9 Å². The molecule has 2 aliphatic rings. The summed E-state index contributed by atoms with van der Waals surface area (Å²) < 4.78 is 21.9. The molecule has 0 saturated carbocycles. The van der Waals surface area contributed by atoms with Crippen molar-refractivity contribution in [3.05, 3.63) is 96.1 Å². The van der Waals surface area contributed by atoms with Gasteiger partial charge in [-0.15, -0.1) is 0 Å². The molecule has 2 atom stereocenters. The Morgan fingerprint density at radius 2 is 0.815 bits per heavy atom. The van der Waals surface area contributed by atoms with Crippen molar-refractivity contribution in [3.8, 4) is 34.5 Å². The van der Waals surface area contributed by atoms with Crippen molar-refractivity contribution in [2.75, 3.05) is 90.6 Å². The number of rotatable bonds is 13. The summed E-state index contributed by atoms with van der Waals surface area (Å²) in [5.74, 6) is -1.33. The highest BCUT2D eigenvalue weighted by Crippen LogP contribution is 2.41. The highest BCUT2D eigenvalue weighted by Gasteiger charge is 2.40. The highest BCUT2D eigenvalue weighted by molar-refractivity contribution is 5.89. The summed E-state index contributed by atoms with van der Waals surface area (Å²) in [6, 6.07) is 27.0. The van der Waals surface area contributed by atoms with Gasteiger partial charge in [0.15, 0.2) is 23.0 Å². The Labute approximate surface area is 317 Å². The van der Waals surface area contributed by atoms with Crippen LogP contribution in [0.1, 0.15) is 11.1 Å². The molecule has 54 heavy (non-hydrogen) atoms. The number of hydrogen-bond donors (Lipinski definition) is 2. The average molecular weight is 739 g/mol. The Morgan fingerprint density at radius 3 is 1.09 bits per heavy atom. The smallest absolute Gasteiger partial charge is 0.226 e. The largest absolute Gasteiger partial charge is 0.502 e. The van der Waals surface area contributed by atoms with E-state index in [1.165, 1.54) is 28.4 Å². The molecule has 12 nitrogen and oxygen atoms in total. The molecule has 2 N–H and O–H groups in total. The second kappa shape index (κ2) is 17.4. The molecule has 12 heteroatoms.